The predicted octanol–water partition coefficient (Wildman–Crippen LogP) is 1.47. The molecule has 0 amide bonds. The van der Waals surface area contributed by atoms with E-state index in [-0.39, 0.29) is 24.1 Å². The van der Waals surface area contributed by atoms with Gasteiger partial charge in [-0.1, -0.05) is 6.85 Å². The minimum atomic E-state index is -2.64. The highest BCUT2D eigenvalue weighted by Gasteiger charge is 2.35. The molecule has 0 aliphatic carbocycles. The molecule has 2 heterocycles. The number of carbonyl (C=O) groups excluding carboxylic acids is 1. The Morgan fingerprint density at radius 2 is 2.75 bits per heavy atom. The fourth-order valence-corrected chi connectivity index (χ4v) is 1.65. The summed E-state index contributed by atoms with van der Waals surface area (Å²) >= 11 is 0. The van der Waals surface area contributed by atoms with Crippen molar-refractivity contribution in [2.45, 2.75) is 26.6 Å². The number of esters is 1. The molecule has 88 valence electrons. The molecule has 1 aliphatic heterocycles. The largest absolute Gasteiger partial charge is 0.465 e. The standard InChI is InChI=1S/C12H18N2O2/c1-4-11-9(7-16-12(11)15)5-10-6-13-8(2)14(10)3/h6,9,11H,4-5,7H2,1-3H3/t9-,11-/m0/s1/i1D3,3D3,6D,7D2. The molecular weight excluding hydrogens is 204 g/mol. The van der Waals surface area contributed by atoms with Crippen molar-refractivity contribution in [3.8, 4) is 0 Å². The fourth-order valence-electron chi connectivity index (χ4n) is 1.65. The maximum Gasteiger partial charge on any atom is 0.309 e. The number of aryl methyl sites for hydroxylation is 1. The van der Waals surface area contributed by atoms with Gasteiger partial charge in [0.25, 0.3) is 0 Å². The molecule has 1 fully saturated rings. The minimum absolute atomic E-state index is 0.0539. The Morgan fingerprint density at radius 3 is 3.50 bits per heavy atom. The van der Waals surface area contributed by atoms with Crippen molar-refractivity contribution in [2.75, 3.05) is 6.56 Å². The van der Waals surface area contributed by atoms with Crippen LogP contribution in [0.4, 0.5) is 0 Å². The lowest BCUT2D eigenvalue weighted by Crippen LogP contribution is -2.18. The maximum absolute atomic E-state index is 11.9. The van der Waals surface area contributed by atoms with E-state index >= 15 is 0 Å². The number of hydrogen-bond donors (Lipinski definition) is 0. The molecule has 0 aromatic carbocycles. The van der Waals surface area contributed by atoms with Gasteiger partial charge in [-0.15, -0.1) is 0 Å². The highest BCUT2D eigenvalue weighted by Crippen LogP contribution is 2.28. The minimum Gasteiger partial charge on any atom is -0.465 e. The van der Waals surface area contributed by atoms with Gasteiger partial charge in [-0.05, 0) is 19.8 Å². The monoisotopic (exact) mass is 231 g/mol. The van der Waals surface area contributed by atoms with Crippen LogP contribution in [0.1, 0.15) is 37.1 Å². The normalized spacial score (nSPS) is 37.8. The van der Waals surface area contributed by atoms with E-state index in [1.54, 1.807) is 0 Å². The van der Waals surface area contributed by atoms with Crippen LogP contribution in [0.5, 0.6) is 0 Å². The second kappa shape index (κ2) is 4.28. The maximum atomic E-state index is 11.9. The number of aromatic nitrogens is 2. The van der Waals surface area contributed by atoms with Gasteiger partial charge in [0, 0.05) is 33.0 Å². The molecule has 0 bridgehead atoms. The van der Waals surface area contributed by atoms with Crippen molar-refractivity contribution in [1.29, 1.82) is 0 Å². The summed E-state index contributed by atoms with van der Waals surface area (Å²) in [5.74, 6) is -3.42. The smallest absolute Gasteiger partial charge is 0.309 e. The van der Waals surface area contributed by atoms with Crippen LogP contribution in [-0.4, -0.2) is 22.1 Å². The molecule has 1 saturated heterocycles. The molecule has 0 unspecified atom stereocenters. The van der Waals surface area contributed by atoms with Gasteiger partial charge in [0.2, 0.25) is 0 Å². The molecular formula is C12H18N2O2. The lowest BCUT2D eigenvalue weighted by Gasteiger charge is -2.13. The van der Waals surface area contributed by atoms with Gasteiger partial charge in [0.1, 0.15) is 5.82 Å². The van der Waals surface area contributed by atoms with E-state index in [2.05, 4.69) is 9.72 Å². The SMILES string of the molecule is [2H]c1nc(C)n(C([2H])([2H])[2H])c1C[C@@H]1[C@H](CC([2H])([2H])[2H])C(=O)OC1([2H])[2H]. The Bertz CT molecular complexity index is 677. The number of ether oxygens (including phenoxy) is 1. The zero-order valence-corrected chi connectivity index (χ0v) is 8.78. The molecule has 1 aromatic heterocycles. The first-order chi connectivity index (χ1) is 11.1. The summed E-state index contributed by atoms with van der Waals surface area (Å²) in [5.41, 5.74) is -0.0831. The second-order valence-corrected chi connectivity index (χ2v) is 3.71. The summed E-state index contributed by atoms with van der Waals surface area (Å²) in [6, 6.07) is 0. The third-order valence-electron chi connectivity index (χ3n) is 2.67. The summed E-state index contributed by atoms with van der Waals surface area (Å²) < 4.78 is 73.8. The van der Waals surface area contributed by atoms with Crippen LogP contribution < -0.4 is 0 Å². The van der Waals surface area contributed by atoms with E-state index in [1.165, 1.54) is 6.92 Å². The summed E-state index contributed by atoms with van der Waals surface area (Å²) in [4.78, 5) is 15.7. The van der Waals surface area contributed by atoms with Crippen molar-refractivity contribution in [3.05, 3.63) is 17.7 Å². The van der Waals surface area contributed by atoms with Crippen LogP contribution in [-0.2, 0) is 22.9 Å². The molecule has 0 saturated carbocycles. The van der Waals surface area contributed by atoms with Gasteiger partial charge in [-0.25, -0.2) is 4.98 Å². The molecule has 0 spiro atoms. The quantitative estimate of drug-likeness (QED) is 0.740. The number of cyclic esters (lactones) is 1. The topological polar surface area (TPSA) is 44.1 Å². The van der Waals surface area contributed by atoms with Crippen LogP contribution in [0.2, 0.25) is 0 Å². The van der Waals surface area contributed by atoms with Crippen LogP contribution >= 0.6 is 0 Å². The lowest BCUT2D eigenvalue weighted by atomic mass is 9.89. The van der Waals surface area contributed by atoms with Crippen LogP contribution in [0.3, 0.4) is 0 Å². The van der Waals surface area contributed by atoms with Gasteiger partial charge in [-0.2, -0.15) is 0 Å². The van der Waals surface area contributed by atoms with Crippen molar-refractivity contribution in [3.63, 3.8) is 0 Å². The Morgan fingerprint density at radius 1 is 1.88 bits per heavy atom. The second-order valence-electron chi connectivity index (χ2n) is 3.71. The van der Waals surface area contributed by atoms with Crippen LogP contribution in [0.15, 0.2) is 6.17 Å². The van der Waals surface area contributed by atoms with Gasteiger partial charge < -0.3 is 9.30 Å². The third-order valence-corrected chi connectivity index (χ3v) is 2.67. The summed E-state index contributed by atoms with van der Waals surface area (Å²) in [7, 11) is 0. The molecule has 2 rings (SSSR count). The number of hydrogen-bond acceptors (Lipinski definition) is 3. The number of imidazole rings is 1. The molecule has 1 aromatic rings. The van der Waals surface area contributed by atoms with Gasteiger partial charge >= 0.3 is 5.97 Å². The van der Waals surface area contributed by atoms with Crippen molar-refractivity contribution in [2.24, 2.45) is 18.8 Å². The van der Waals surface area contributed by atoms with E-state index in [9.17, 15) is 4.79 Å². The average molecular weight is 231 g/mol. The van der Waals surface area contributed by atoms with Gasteiger partial charge in [0.05, 0.1) is 16.6 Å². The van der Waals surface area contributed by atoms with Crippen LogP contribution in [0.25, 0.3) is 0 Å². The van der Waals surface area contributed by atoms with Gasteiger partial charge in [0.15, 0.2) is 0 Å². The molecule has 16 heavy (non-hydrogen) atoms. The van der Waals surface area contributed by atoms with E-state index in [0.717, 1.165) is 4.57 Å². The van der Waals surface area contributed by atoms with Crippen LogP contribution in [0, 0.1) is 18.8 Å². The van der Waals surface area contributed by atoms with Gasteiger partial charge in [-0.3, -0.25) is 4.79 Å². The Hall–Kier alpha value is -1.32. The van der Waals surface area contributed by atoms with Crippen molar-refractivity contribution >= 4 is 5.97 Å². The number of carbonyl (C=O) groups is 1. The average Bonchev–Trinajstić information content (AvgIpc) is 2.75. The first-order valence-electron chi connectivity index (χ1n) is 9.41. The molecule has 0 radical (unpaired) electrons. The zero-order valence-electron chi connectivity index (χ0n) is 17.8. The Balaban J connectivity index is 2.45. The summed E-state index contributed by atoms with van der Waals surface area (Å²) in [6.07, 6.45) is -1.29. The van der Waals surface area contributed by atoms with Crippen molar-refractivity contribution in [1.82, 2.24) is 9.55 Å². The first kappa shape index (κ1) is 4.51. The molecule has 2 atom stereocenters. The first-order valence-corrected chi connectivity index (χ1v) is 4.91. The Labute approximate surface area is 108 Å². The van der Waals surface area contributed by atoms with Crippen molar-refractivity contribution < 1.29 is 21.9 Å². The zero-order chi connectivity index (χ0) is 19.4. The third kappa shape index (κ3) is 1.84. The predicted molar refractivity (Wildman–Crippen MR) is 59.9 cm³/mol. The lowest BCUT2D eigenvalue weighted by molar-refractivity contribution is -0.141. The van der Waals surface area contributed by atoms with E-state index in [0.29, 0.717) is 0 Å². The fraction of sp³-hybridized carbons (Fsp3) is 0.667. The molecule has 4 heteroatoms. The van der Waals surface area contributed by atoms with E-state index in [1.807, 2.05) is 0 Å². The molecule has 4 nitrogen and oxygen atoms in total. The van der Waals surface area contributed by atoms with E-state index < -0.39 is 44.6 Å². The summed E-state index contributed by atoms with van der Waals surface area (Å²) in [5, 5.41) is 0. The number of rotatable bonds is 3. The highest BCUT2D eigenvalue weighted by atomic mass is 16.5. The Kier molecular flexibility index (Phi) is 1.21. The molecule has 0 N–H and O–H groups in total. The summed E-state index contributed by atoms with van der Waals surface area (Å²) in [6.45, 7) is -6.18. The molecule has 1 aliphatic rings. The number of nitrogens with zero attached hydrogens (tertiary/aromatic N) is 2. The van der Waals surface area contributed by atoms with E-state index in [4.69, 9.17) is 12.3 Å². The highest BCUT2D eigenvalue weighted by molar-refractivity contribution is 5.74.